The minimum absolute atomic E-state index is 0.165. The van der Waals surface area contributed by atoms with Crippen molar-refractivity contribution in [3.63, 3.8) is 0 Å². The van der Waals surface area contributed by atoms with Crippen molar-refractivity contribution in [1.82, 2.24) is 5.32 Å². The van der Waals surface area contributed by atoms with E-state index in [-0.39, 0.29) is 11.9 Å². The summed E-state index contributed by atoms with van der Waals surface area (Å²) in [5.41, 5.74) is 2.55. The smallest absolute Gasteiger partial charge is 0.123 e. The lowest BCUT2D eigenvalue weighted by Crippen LogP contribution is -2.33. The number of benzene rings is 3. The number of hydrogen-bond donors (Lipinski definition) is 1. The first-order valence-electron chi connectivity index (χ1n) is 8.60. The minimum Gasteiger partial charge on any atom is -0.310 e. The lowest BCUT2D eigenvalue weighted by molar-refractivity contribution is 0.395. The number of nitrogens with one attached hydrogen (secondary N) is 1. The summed E-state index contributed by atoms with van der Waals surface area (Å²) in [6.07, 6.45) is 4.52. The van der Waals surface area contributed by atoms with Crippen molar-refractivity contribution in [3.8, 4) is 0 Å². The SMILES string of the molecule is Fc1ccc(CC2[CH]C(c3cccc4ccccc34)NCC2)cc1. The van der Waals surface area contributed by atoms with E-state index in [1.807, 2.05) is 12.1 Å². The molecule has 2 atom stereocenters. The summed E-state index contributed by atoms with van der Waals surface area (Å²) in [6.45, 7) is 1.01. The second-order valence-corrected chi connectivity index (χ2v) is 6.57. The van der Waals surface area contributed by atoms with E-state index in [1.165, 1.54) is 21.9 Å². The molecule has 0 amide bonds. The molecular weight excluding hydrogens is 297 g/mol. The maximum Gasteiger partial charge on any atom is 0.123 e. The molecule has 4 rings (SSSR count). The molecule has 1 N–H and O–H groups in total. The molecule has 1 aliphatic heterocycles. The second kappa shape index (κ2) is 6.74. The molecule has 2 heteroatoms. The Morgan fingerprint density at radius 3 is 2.58 bits per heavy atom. The number of halogens is 1. The van der Waals surface area contributed by atoms with Gasteiger partial charge >= 0.3 is 0 Å². The van der Waals surface area contributed by atoms with Gasteiger partial charge < -0.3 is 5.32 Å². The fourth-order valence-corrected chi connectivity index (χ4v) is 3.69. The summed E-state index contributed by atoms with van der Waals surface area (Å²) < 4.78 is 13.1. The van der Waals surface area contributed by atoms with Gasteiger partial charge in [-0.1, -0.05) is 54.6 Å². The average Bonchev–Trinajstić information content (AvgIpc) is 2.63. The van der Waals surface area contributed by atoms with E-state index < -0.39 is 0 Å². The van der Waals surface area contributed by atoms with Crippen molar-refractivity contribution >= 4 is 10.8 Å². The zero-order chi connectivity index (χ0) is 16.4. The van der Waals surface area contributed by atoms with Gasteiger partial charge in [0.15, 0.2) is 0 Å². The van der Waals surface area contributed by atoms with E-state index in [0.717, 1.165) is 19.4 Å². The highest BCUT2D eigenvalue weighted by atomic mass is 19.1. The van der Waals surface area contributed by atoms with Crippen LogP contribution in [-0.2, 0) is 6.42 Å². The van der Waals surface area contributed by atoms with Gasteiger partial charge in [-0.2, -0.15) is 0 Å². The molecule has 24 heavy (non-hydrogen) atoms. The lowest BCUT2D eigenvalue weighted by atomic mass is 9.83. The Hall–Kier alpha value is -2.19. The first kappa shape index (κ1) is 15.3. The molecule has 1 saturated heterocycles. The summed E-state index contributed by atoms with van der Waals surface area (Å²) in [5, 5.41) is 6.24. The molecule has 1 radical (unpaired) electrons. The van der Waals surface area contributed by atoms with Gasteiger partial charge in [-0.05, 0) is 65.8 Å². The Morgan fingerprint density at radius 1 is 0.917 bits per heavy atom. The first-order chi connectivity index (χ1) is 11.8. The van der Waals surface area contributed by atoms with Crippen molar-refractivity contribution in [2.75, 3.05) is 6.54 Å². The molecular formula is C22H21FN. The topological polar surface area (TPSA) is 12.0 Å². The molecule has 0 aromatic heterocycles. The van der Waals surface area contributed by atoms with Crippen LogP contribution >= 0.6 is 0 Å². The Kier molecular flexibility index (Phi) is 4.31. The van der Waals surface area contributed by atoms with Gasteiger partial charge in [-0.3, -0.25) is 0 Å². The highest BCUT2D eigenvalue weighted by Gasteiger charge is 2.24. The van der Waals surface area contributed by atoms with Gasteiger partial charge in [0.2, 0.25) is 0 Å². The van der Waals surface area contributed by atoms with Gasteiger partial charge in [0.05, 0.1) is 0 Å². The Bertz CT molecular complexity index is 820. The van der Waals surface area contributed by atoms with Crippen LogP contribution in [0.5, 0.6) is 0 Å². The van der Waals surface area contributed by atoms with Gasteiger partial charge in [0, 0.05) is 6.04 Å². The van der Waals surface area contributed by atoms with E-state index in [4.69, 9.17) is 0 Å². The number of fused-ring (bicyclic) bond motifs is 1. The molecule has 1 fully saturated rings. The fraction of sp³-hybridized carbons (Fsp3) is 0.227. The van der Waals surface area contributed by atoms with Crippen LogP contribution in [0.25, 0.3) is 10.8 Å². The molecule has 121 valence electrons. The summed E-state index contributed by atoms with van der Waals surface area (Å²) in [5.74, 6) is 0.349. The van der Waals surface area contributed by atoms with Crippen molar-refractivity contribution in [1.29, 1.82) is 0 Å². The summed E-state index contributed by atoms with van der Waals surface area (Å²) in [6, 6.07) is 22.3. The standard InChI is InChI=1S/C22H21FN/c23-19-10-8-16(9-11-19)14-17-12-13-24-22(15-17)21-7-3-5-18-4-1-2-6-20(18)21/h1-11,15,17,22,24H,12-14H2. The minimum atomic E-state index is -0.165. The fourth-order valence-electron chi connectivity index (χ4n) is 3.69. The highest BCUT2D eigenvalue weighted by Crippen LogP contribution is 2.32. The van der Waals surface area contributed by atoms with Crippen LogP contribution in [0.2, 0.25) is 0 Å². The first-order valence-corrected chi connectivity index (χ1v) is 8.60. The summed E-state index contributed by atoms with van der Waals surface area (Å²) in [4.78, 5) is 0. The van der Waals surface area contributed by atoms with Crippen LogP contribution in [0.4, 0.5) is 4.39 Å². The number of piperidine rings is 1. The molecule has 1 aliphatic rings. The third-order valence-electron chi connectivity index (χ3n) is 4.91. The third-order valence-corrected chi connectivity index (χ3v) is 4.91. The second-order valence-electron chi connectivity index (χ2n) is 6.57. The molecule has 3 aromatic rings. The van der Waals surface area contributed by atoms with Crippen molar-refractivity contribution < 1.29 is 4.39 Å². The normalized spacial score (nSPS) is 21.0. The van der Waals surface area contributed by atoms with E-state index >= 15 is 0 Å². The zero-order valence-electron chi connectivity index (χ0n) is 13.6. The summed E-state index contributed by atoms with van der Waals surface area (Å²) >= 11 is 0. The van der Waals surface area contributed by atoms with Crippen LogP contribution in [-0.4, -0.2) is 6.54 Å². The molecule has 3 aromatic carbocycles. The Balaban J connectivity index is 1.55. The Labute approximate surface area is 142 Å². The molecule has 0 aliphatic carbocycles. The number of hydrogen-bond acceptors (Lipinski definition) is 1. The van der Waals surface area contributed by atoms with Gasteiger partial charge in [-0.15, -0.1) is 0 Å². The van der Waals surface area contributed by atoms with Crippen LogP contribution in [0.15, 0.2) is 66.7 Å². The van der Waals surface area contributed by atoms with Crippen molar-refractivity contribution in [2.24, 2.45) is 5.92 Å². The Morgan fingerprint density at radius 2 is 1.71 bits per heavy atom. The van der Waals surface area contributed by atoms with E-state index in [1.54, 1.807) is 12.1 Å². The van der Waals surface area contributed by atoms with Gasteiger partial charge in [-0.25, -0.2) is 4.39 Å². The average molecular weight is 318 g/mol. The molecule has 0 bridgehead atoms. The highest BCUT2D eigenvalue weighted by molar-refractivity contribution is 5.86. The molecule has 1 heterocycles. The van der Waals surface area contributed by atoms with Crippen LogP contribution in [0, 0.1) is 18.2 Å². The number of rotatable bonds is 3. The predicted molar refractivity (Wildman–Crippen MR) is 97.2 cm³/mol. The predicted octanol–water partition coefficient (Wildman–Crippen LogP) is 5.08. The van der Waals surface area contributed by atoms with E-state index in [2.05, 4.69) is 54.2 Å². The summed E-state index contributed by atoms with van der Waals surface area (Å²) in [7, 11) is 0. The molecule has 1 nitrogen and oxygen atoms in total. The molecule has 2 unspecified atom stereocenters. The van der Waals surface area contributed by atoms with E-state index in [0.29, 0.717) is 5.92 Å². The van der Waals surface area contributed by atoms with Gasteiger partial charge in [0.25, 0.3) is 0 Å². The van der Waals surface area contributed by atoms with Crippen LogP contribution in [0.1, 0.15) is 23.6 Å². The van der Waals surface area contributed by atoms with Crippen LogP contribution < -0.4 is 5.32 Å². The largest absolute Gasteiger partial charge is 0.310 e. The maximum absolute atomic E-state index is 13.1. The zero-order valence-corrected chi connectivity index (χ0v) is 13.6. The van der Waals surface area contributed by atoms with E-state index in [9.17, 15) is 4.39 Å². The molecule has 0 spiro atoms. The van der Waals surface area contributed by atoms with Gasteiger partial charge in [0.1, 0.15) is 5.82 Å². The lowest BCUT2D eigenvalue weighted by Gasteiger charge is -2.31. The monoisotopic (exact) mass is 318 g/mol. The van der Waals surface area contributed by atoms with Crippen LogP contribution in [0.3, 0.4) is 0 Å². The third kappa shape index (κ3) is 3.20. The quantitative estimate of drug-likeness (QED) is 0.710. The maximum atomic E-state index is 13.1. The molecule has 0 saturated carbocycles. The van der Waals surface area contributed by atoms with Crippen molar-refractivity contribution in [2.45, 2.75) is 18.9 Å². The van der Waals surface area contributed by atoms with Crippen molar-refractivity contribution in [3.05, 3.63) is 90.1 Å².